The molecule has 1 aromatic carbocycles. The van der Waals surface area contributed by atoms with E-state index in [2.05, 4.69) is 0 Å². The molecule has 1 amide bonds. The Kier molecular flexibility index (Phi) is 5.64. The van der Waals surface area contributed by atoms with E-state index in [9.17, 15) is 9.59 Å². The third kappa shape index (κ3) is 3.98. The Hall–Kier alpha value is -1.53. The summed E-state index contributed by atoms with van der Waals surface area (Å²) in [7, 11) is 1.54. The lowest BCUT2D eigenvalue weighted by atomic mass is 10.0. The highest BCUT2D eigenvalue weighted by molar-refractivity contribution is 8.00. The molecule has 0 unspecified atom stereocenters. The van der Waals surface area contributed by atoms with Crippen molar-refractivity contribution in [2.45, 2.75) is 11.7 Å². The van der Waals surface area contributed by atoms with Gasteiger partial charge in [0.2, 0.25) is 5.91 Å². The molecule has 1 N–H and O–H groups in total. The summed E-state index contributed by atoms with van der Waals surface area (Å²) in [5.41, 5.74) is 2.18. The molecule has 0 saturated carbocycles. The minimum Gasteiger partial charge on any atom is -0.480 e. The van der Waals surface area contributed by atoms with Gasteiger partial charge in [-0.2, -0.15) is 0 Å². The molecular formula is C15H19NO4S. The van der Waals surface area contributed by atoms with Crippen LogP contribution in [0, 0.1) is 0 Å². The van der Waals surface area contributed by atoms with E-state index in [1.807, 2.05) is 24.3 Å². The number of nitrogens with zero attached hydrogens (tertiary/aromatic N) is 1. The van der Waals surface area contributed by atoms with Gasteiger partial charge in [0.25, 0.3) is 0 Å². The van der Waals surface area contributed by atoms with Crippen molar-refractivity contribution >= 4 is 23.6 Å². The van der Waals surface area contributed by atoms with Crippen LogP contribution in [0.15, 0.2) is 24.3 Å². The molecule has 1 aliphatic heterocycles. The molecule has 1 heterocycles. The van der Waals surface area contributed by atoms with Crippen LogP contribution in [0.3, 0.4) is 0 Å². The van der Waals surface area contributed by atoms with Crippen LogP contribution in [-0.2, 0) is 20.7 Å². The van der Waals surface area contributed by atoms with Crippen LogP contribution in [-0.4, -0.2) is 54.4 Å². The van der Waals surface area contributed by atoms with Gasteiger partial charge >= 0.3 is 5.97 Å². The Morgan fingerprint density at radius 2 is 2.19 bits per heavy atom. The van der Waals surface area contributed by atoms with Crippen LogP contribution >= 0.6 is 11.8 Å². The SMILES string of the molecule is COCCN(CC(=O)O)C(=O)[C@H]1SCCc2ccccc21. The fourth-order valence-electron chi connectivity index (χ4n) is 2.40. The van der Waals surface area contributed by atoms with E-state index in [1.54, 1.807) is 11.8 Å². The van der Waals surface area contributed by atoms with E-state index < -0.39 is 5.97 Å². The van der Waals surface area contributed by atoms with E-state index >= 15 is 0 Å². The highest BCUT2D eigenvalue weighted by atomic mass is 32.2. The molecule has 21 heavy (non-hydrogen) atoms. The highest BCUT2D eigenvalue weighted by Gasteiger charge is 2.31. The first-order valence-corrected chi connectivity index (χ1v) is 7.87. The lowest BCUT2D eigenvalue weighted by molar-refractivity contribution is -0.144. The number of fused-ring (bicyclic) bond motifs is 1. The summed E-state index contributed by atoms with van der Waals surface area (Å²) in [5, 5.41) is 8.67. The number of carbonyl (C=O) groups excluding carboxylic acids is 1. The number of hydrogen-bond acceptors (Lipinski definition) is 4. The molecule has 1 atom stereocenters. The van der Waals surface area contributed by atoms with Crippen molar-refractivity contribution in [1.82, 2.24) is 4.90 Å². The Morgan fingerprint density at radius 3 is 2.90 bits per heavy atom. The van der Waals surface area contributed by atoms with Crippen molar-refractivity contribution in [3.63, 3.8) is 0 Å². The molecule has 0 radical (unpaired) electrons. The van der Waals surface area contributed by atoms with Crippen LogP contribution < -0.4 is 0 Å². The zero-order valence-electron chi connectivity index (χ0n) is 11.9. The van der Waals surface area contributed by atoms with Crippen molar-refractivity contribution < 1.29 is 19.4 Å². The topological polar surface area (TPSA) is 66.8 Å². The second-order valence-electron chi connectivity index (χ2n) is 4.85. The average Bonchev–Trinajstić information content (AvgIpc) is 2.50. The number of aliphatic carboxylic acids is 1. The molecule has 1 aromatic rings. The number of hydrogen-bond donors (Lipinski definition) is 1. The molecule has 0 aromatic heterocycles. The standard InChI is InChI=1S/C15H19NO4S/c1-20-8-7-16(10-13(17)18)15(19)14-12-5-3-2-4-11(12)6-9-21-14/h2-5,14H,6-10H2,1H3,(H,17,18)/t14-/m0/s1. The van der Waals surface area contributed by atoms with Gasteiger partial charge < -0.3 is 14.7 Å². The molecule has 0 fully saturated rings. The zero-order valence-corrected chi connectivity index (χ0v) is 12.8. The van der Waals surface area contributed by atoms with Crippen LogP contribution in [0.1, 0.15) is 16.4 Å². The summed E-state index contributed by atoms with van der Waals surface area (Å²) >= 11 is 1.58. The Labute approximate surface area is 128 Å². The monoisotopic (exact) mass is 309 g/mol. The molecule has 6 heteroatoms. The van der Waals surface area contributed by atoms with E-state index in [0.29, 0.717) is 13.2 Å². The average molecular weight is 309 g/mol. The number of amides is 1. The number of carboxylic acids is 1. The first-order valence-electron chi connectivity index (χ1n) is 6.82. The van der Waals surface area contributed by atoms with Gasteiger partial charge in [-0.15, -0.1) is 11.8 Å². The maximum absolute atomic E-state index is 12.7. The molecular weight excluding hydrogens is 290 g/mol. The summed E-state index contributed by atoms with van der Waals surface area (Å²) < 4.78 is 4.97. The lowest BCUT2D eigenvalue weighted by Gasteiger charge is -2.29. The quantitative estimate of drug-likeness (QED) is 0.864. The Morgan fingerprint density at radius 1 is 1.43 bits per heavy atom. The van der Waals surface area contributed by atoms with Crippen molar-refractivity contribution in [3.05, 3.63) is 35.4 Å². The Bertz CT molecular complexity index is 520. The number of methoxy groups -OCH3 is 1. The predicted molar refractivity (Wildman–Crippen MR) is 81.4 cm³/mol. The van der Waals surface area contributed by atoms with Crippen LogP contribution in [0.4, 0.5) is 0 Å². The van der Waals surface area contributed by atoms with Gasteiger partial charge in [0.05, 0.1) is 6.61 Å². The third-order valence-corrected chi connectivity index (χ3v) is 4.65. The molecule has 2 rings (SSSR count). The number of benzene rings is 1. The molecule has 0 saturated heterocycles. The van der Waals surface area contributed by atoms with E-state index in [4.69, 9.17) is 9.84 Å². The minimum atomic E-state index is -1.01. The zero-order chi connectivity index (χ0) is 15.2. The van der Waals surface area contributed by atoms with Crippen molar-refractivity contribution in [3.8, 4) is 0 Å². The summed E-state index contributed by atoms with van der Waals surface area (Å²) in [6, 6.07) is 7.88. The maximum Gasteiger partial charge on any atom is 0.323 e. The first-order chi connectivity index (χ1) is 10.1. The fraction of sp³-hybridized carbons (Fsp3) is 0.467. The Balaban J connectivity index is 2.18. The molecule has 114 valence electrons. The minimum absolute atomic E-state index is 0.147. The second kappa shape index (κ2) is 7.47. The lowest BCUT2D eigenvalue weighted by Crippen LogP contribution is -2.40. The van der Waals surface area contributed by atoms with Crippen LogP contribution in [0.2, 0.25) is 0 Å². The summed E-state index contributed by atoms with van der Waals surface area (Å²) in [4.78, 5) is 25.0. The summed E-state index contributed by atoms with van der Waals surface area (Å²) in [5.74, 6) is -0.279. The largest absolute Gasteiger partial charge is 0.480 e. The van der Waals surface area contributed by atoms with Gasteiger partial charge in [0.15, 0.2) is 0 Å². The van der Waals surface area contributed by atoms with E-state index in [1.165, 1.54) is 17.6 Å². The highest BCUT2D eigenvalue weighted by Crippen LogP contribution is 2.37. The molecule has 1 aliphatic rings. The third-order valence-electron chi connectivity index (χ3n) is 3.42. The molecule has 0 spiro atoms. The van der Waals surface area contributed by atoms with Crippen molar-refractivity contribution in [2.24, 2.45) is 0 Å². The van der Waals surface area contributed by atoms with Gasteiger partial charge in [-0.25, -0.2) is 0 Å². The van der Waals surface area contributed by atoms with Gasteiger partial charge in [-0.05, 0) is 23.3 Å². The molecule has 0 aliphatic carbocycles. The van der Waals surface area contributed by atoms with E-state index in [-0.39, 0.29) is 17.7 Å². The van der Waals surface area contributed by atoms with Crippen LogP contribution in [0.25, 0.3) is 0 Å². The van der Waals surface area contributed by atoms with Gasteiger partial charge in [-0.1, -0.05) is 24.3 Å². The number of thioether (sulfide) groups is 1. The van der Waals surface area contributed by atoms with Crippen LogP contribution in [0.5, 0.6) is 0 Å². The number of carboxylic acid groups (broad SMARTS) is 1. The number of carbonyl (C=O) groups is 2. The maximum atomic E-state index is 12.7. The smallest absolute Gasteiger partial charge is 0.323 e. The number of rotatable bonds is 6. The molecule has 5 nitrogen and oxygen atoms in total. The van der Waals surface area contributed by atoms with Gasteiger partial charge in [-0.3, -0.25) is 9.59 Å². The van der Waals surface area contributed by atoms with Crippen molar-refractivity contribution in [2.75, 3.05) is 32.6 Å². The molecule has 0 bridgehead atoms. The number of ether oxygens (including phenoxy) is 1. The second-order valence-corrected chi connectivity index (χ2v) is 6.06. The fourth-order valence-corrected chi connectivity index (χ4v) is 3.67. The first kappa shape index (κ1) is 15.9. The summed E-state index contributed by atoms with van der Waals surface area (Å²) in [6.07, 6.45) is 0.946. The normalized spacial score (nSPS) is 17.1. The van der Waals surface area contributed by atoms with E-state index in [0.717, 1.165) is 17.7 Å². The summed E-state index contributed by atoms with van der Waals surface area (Å²) in [6.45, 7) is 0.334. The van der Waals surface area contributed by atoms with Crippen molar-refractivity contribution in [1.29, 1.82) is 0 Å². The van der Waals surface area contributed by atoms with Gasteiger partial charge in [0.1, 0.15) is 11.8 Å². The number of aryl methyl sites for hydroxylation is 1. The predicted octanol–water partition coefficient (Wildman–Crippen LogP) is 1.58. The van der Waals surface area contributed by atoms with Gasteiger partial charge in [0, 0.05) is 13.7 Å².